The highest BCUT2D eigenvalue weighted by Crippen LogP contribution is 2.35. The van der Waals surface area contributed by atoms with E-state index in [-0.39, 0.29) is 39.0 Å². The van der Waals surface area contributed by atoms with Crippen LogP contribution in [0.2, 0.25) is 0 Å². The number of carboxylic acid groups (broad SMARTS) is 1. The molecule has 0 radical (unpaired) electrons. The van der Waals surface area contributed by atoms with Gasteiger partial charge < -0.3 is 10.2 Å². The van der Waals surface area contributed by atoms with Crippen LogP contribution in [0.25, 0.3) is 22.2 Å². The van der Waals surface area contributed by atoms with E-state index in [4.69, 9.17) is 0 Å². The zero-order chi connectivity index (χ0) is 18.4. The van der Waals surface area contributed by atoms with Gasteiger partial charge >= 0.3 is 12.1 Å². The van der Waals surface area contributed by atoms with Crippen LogP contribution < -0.4 is 0 Å². The van der Waals surface area contributed by atoms with Gasteiger partial charge in [0.05, 0.1) is 22.3 Å². The van der Waals surface area contributed by atoms with Gasteiger partial charge in [0.1, 0.15) is 5.75 Å². The number of phenols is 1. The SMILES string of the molecule is Cc1c(-c2cccc(C(F)(F)F)c2)nc2ccc(O)cc2c1C(=O)O. The van der Waals surface area contributed by atoms with E-state index in [2.05, 4.69) is 4.98 Å². The Bertz CT molecular complexity index is 997. The summed E-state index contributed by atoms with van der Waals surface area (Å²) < 4.78 is 38.8. The summed E-state index contributed by atoms with van der Waals surface area (Å²) in [6, 6.07) is 8.61. The lowest BCUT2D eigenvalue weighted by Crippen LogP contribution is -2.07. The molecule has 1 heterocycles. The van der Waals surface area contributed by atoms with E-state index in [1.807, 2.05) is 0 Å². The number of rotatable bonds is 2. The van der Waals surface area contributed by atoms with Crippen LogP contribution in [0.5, 0.6) is 5.75 Å². The zero-order valence-corrected chi connectivity index (χ0v) is 12.9. The van der Waals surface area contributed by atoms with Crippen molar-refractivity contribution in [3.8, 4) is 17.0 Å². The van der Waals surface area contributed by atoms with Gasteiger partial charge in [-0.1, -0.05) is 12.1 Å². The molecule has 0 aliphatic carbocycles. The summed E-state index contributed by atoms with van der Waals surface area (Å²) in [5, 5.41) is 19.3. The first-order valence-electron chi connectivity index (χ1n) is 7.22. The molecule has 7 heteroatoms. The summed E-state index contributed by atoms with van der Waals surface area (Å²) >= 11 is 0. The third kappa shape index (κ3) is 3.00. The molecule has 0 amide bonds. The number of aromatic hydroxyl groups is 1. The summed E-state index contributed by atoms with van der Waals surface area (Å²) in [4.78, 5) is 16.0. The monoisotopic (exact) mass is 347 g/mol. The van der Waals surface area contributed by atoms with E-state index in [0.717, 1.165) is 12.1 Å². The van der Waals surface area contributed by atoms with Crippen LogP contribution in [0.4, 0.5) is 13.2 Å². The summed E-state index contributed by atoms with van der Waals surface area (Å²) in [6.45, 7) is 1.48. The number of nitrogens with zero attached hydrogens (tertiary/aromatic N) is 1. The Morgan fingerprint density at radius 2 is 1.84 bits per heavy atom. The van der Waals surface area contributed by atoms with Crippen molar-refractivity contribution in [2.75, 3.05) is 0 Å². The molecule has 128 valence electrons. The van der Waals surface area contributed by atoms with Crippen molar-refractivity contribution in [1.29, 1.82) is 0 Å². The van der Waals surface area contributed by atoms with Crippen LogP contribution in [-0.4, -0.2) is 21.2 Å². The number of hydrogen-bond acceptors (Lipinski definition) is 3. The first kappa shape index (κ1) is 16.8. The molecule has 0 spiro atoms. The van der Waals surface area contributed by atoms with Crippen molar-refractivity contribution in [3.63, 3.8) is 0 Å². The van der Waals surface area contributed by atoms with Crippen molar-refractivity contribution >= 4 is 16.9 Å². The van der Waals surface area contributed by atoms with E-state index < -0.39 is 17.7 Å². The minimum absolute atomic E-state index is 0.103. The fourth-order valence-corrected chi connectivity index (χ4v) is 2.75. The van der Waals surface area contributed by atoms with Crippen LogP contribution >= 0.6 is 0 Å². The van der Waals surface area contributed by atoms with Gasteiger partial charge in [0.15, 0.2) is 0 Å². The minimum Gasteiger partial charge on any atom is -0.508 e. The van der Waals surface area contributed by atoms with Crippen LogP contribution in [0.15, 0.2) is 42.5 Å². The highest BCUT2D eigenvalue weighted by atomic mass is 19.4. The smallest absolute Gasteiger partial charge is 0.416 e. The molecular weight excluding hydrogens is 335 g/mol. The predicted octanol–water partition coefficient (Wildman–Crippen LogP) is 4.63. The Morgan fingerprint density at radius 1 is 1.12 bits per heavy atom. The Labute approximate surface area is 140 Å². The Balaban J connectivity index is 2.33. The molecule has 2 aromatic carbocycles. The molecule has 0 unspecified atom stereocenters. The van der Waals surface area contributed by atoms with Crippen molar-refractivity contribution in [3.05, 3.63) is 59.2 Å². The normalized spacial score (nSPS) is 11.7. The highest BCUT2D eigenvalue weighted by Gasteiger charge is 2.31. The number of phenolic OH excluding ortho intramolecular Hbond substituents is 1. The lowest BCUT2D eigenvalue weighted by Gasteiger charge is -2.14. The van der Waals surface area contributed by atoms with Gasteiger partial charge in [-0.05, 0) is 42.8 Å². The molecule has 0 saturated heterocycles. The van der Waals surface area contributed by atoms with E-state index >= 15 is 0 Å². The highest BCUT2D eigenvalue weighted by molar-refractivity contribution is 6.06. The third-order valence-electron chi connectivity index (χ3n) is 3.89. The number of hydrogen-bond donors (Lipinski definition) is 2. The topological polar surface area (TPSA) is 70.4 Å². The van der Waals surface area contributed by atoms with Crippen LogP contribution in [0, 0.1) is 6.92 Å². The standard InChI is InChI=1S/C18H12F3NO3/c1-9-15(17(24)25)13-8-12(23)5-6-14(13)22-16(9)10-3-2-4-11(7-10)18(19,20)21/h2-8,23H,1H3,(H,24,25). The second-order valence-corrected chi connectivity index (χ2v) is 5.55. The van der Waals surface area contributed by atoms with Gasteiger partial charge in [0.25, 0.3) is 0 Å². The maximum Gasteiger partial charge on any atom is 0.416 e. The summed E-state index contributed by atoms with van der Waals surface area (Å²) in [6.07, 6.45) is -4.51. The van der Waals surface area contributed by atoms with Crippen molar-refractivity contribution in [2.24, 2.45) is 0 Å². The zero-order valence-electron chi connectivity index (χ0n) is 12.9. The number of carboxylic acids is 1. The molecule has 3 rings (SSSR count). The van der Waals surface area contributed by atoms with Crippen molar-refractivity contribution < 1.29 is 28.2 Å². The molecular formula is C18H12F3NO3. The van der Waals surface area contributed by atoms with Crippen molar-refractivity contribution in [1.82, 2.24) is 4.98 Å². The molecule has 3 aromatic rings. The number of alkyl halides is 3. The second kappa shape index (κ2) is 5.77. The number of fused-ring (bicyclic) bond motifs is 1. The van der Waals surface area contributed by atoms with Crippen LogP contribution in [-0.2, 0) is 6.18 Å². The van der Waals surface area contributed by atoms with Gasteiger partial charge in [-0.15, -0.1) is 0 Å². The molecule has 0 bridgehead atoms. The molecule has 0 aliphatic rings. The van der Waals surface area contributed by atoms with Crippen LogP contribution in [0.1, 0.15) is 21.5 Å². The fourth-order valence-electron chi connectivity index (χ4n) is 2.75. The number of aromatic nitrogens is 1. The molecule has 2 N–H and O–H groups in total. The molecule has 0 atom stereocenters. The van der Waals surface area contributed by atoms with E-state index in [1.54, 1.807) is 0 Å². The number of aromatic carboxylic acids is 1. The summed E-state index contributed by atoms with van der Waals surface area (Å²) in [7, 11) is 0. The minimum atomic E-state index is -4.51. The molecule has 25 heavy (non-hydrogen) atoms. The lowest BCUT2D eigenvalue weighted by molar-refractivity contribution is -0.137. The molecule has 1 aromatic heterocycles. The third-order valence-corrected chi connectivity index (χ3v) is 3.89. The number of halogens is 3. The predicted molar refractivity (Wildman–Crippen MR) is 85.5 cm³/mol. The van der Waals surface area contributed by atoms with E-state index in [9.17, 15) is 28.2 Å². The first-order valence-corrected chi connectivity index (χ1v) is 7.22. The van der Waals surface area contributed by atoms with Crippen LogP contribution in [0.3, 0.4) is 0 Å². The first-order chi connectivity index (χ1) is 11.7. The van der Waals surface area contributed by atoms with E-state index in [0.29, 0.717) is 0 Å². The molecule has 4 nitrogen and oxygen atoms in total. The number of pyridine rings is 1. The van der Waals surface area contributed by atoms with Crippen molar-refractivity contribution in [2.45, 2.75) is 13.1 Å². The van der Waals surface area contributed by atoms with Gasteiger partial charge in [0, 0.05) is 10.9 Å². The van der Waals surface area contributed by atoms with Gasteiger partial charge in [-0.3, -0.25) is 0 Å². The van der Waals surface area contributed by atoms with Gasteiger partial charge in [0.2, 0.25) is 0 Å². The average molecular weight is 347 g/mol. The molecule has 0 aliphatic heterocycles. The fraction of sp³-hybridized carbons (Fsp3) is 0.111. The Kier molecular flexibility index (Phi) is 3.87. The van der Waals surface area contributed by atoms with Gasteiger partial charge in [-0.2, -0.15) is 13.2 Å². The summed E-state index contributed by atoms with van der Waals surface area (Å²) in [5.74, 6) is -1.37. The molecule has 0 fully saturated rings. The van der Waals surface area contributed by atoms with Gasteiger partial charge in [-0.25, -0.2) is 9.78 Å². The quantitative estimate of drug-likeness (QED) is 0.709. The Morgan fingerprint density at radius 3 is 2.48 bits per heavy atom. The largest absolute Gasteiger partial charge is 0.508 e. The number of benzene rings is 2. The summed E-state index contributed by atoms with van der Waals surface area (Å²) in [5.41, 5.74) is -0.119. The Hall–Kier alpha value is -3.09. The van der Waals surface area contributed by atoms with E-state index in [1.165, 1.54) is 37.3 Å². The maximum absolute atomic E-state index is 12.9. The lowest BCUT2D eigenvalue weighted by atomic mass is 9.96. The second-order valence-electron chi connectivity index (χ2n) is 5.55. The average Bonchev–Trinajstić information content (AvgIpc) is 2.53. The number of carbonyl (C=O) groups is 1. The molecule has 0 saturated carbocycles. The maximum atomic E-state index is 12.9.